The second-order valence-electron chi connectivity index (χ2n) is 6.59. The van der Waals surface area contributed by atoms with Crippen LogP contribution in [0.2, 0.25) is 0 Å². The van der Waals surface area contributed by atoms with E-state index in [1.807, 2.05) is 0 Å². The van der Waals surface area contributed by atoms with Gasteiger partial charge in [-0.3, -0.25) is 14.4 Å². The van der Waals surface area contributed by atoms with Crippen molar-refractivity contribution >= 4 is 23.7 Å². The van der Waals surface area contributed by atoms with Gasteiger partial charge < -0.3 is 27.2 Å². The number of hydrogen-bond acceptors (Lipinski definition) is 5. The maximum atomic E-state index is 12.6. The summed E-state index contributed by atoms with van der Waals surface area (Å²) in [6.45, 7) is 3.54. The fourth-order valence-corrected chi connectivity index (χ4v) is 2.30. The van der Waals surface area contributed by atoms with Gasteiger partial charge in [0.25, 0.3) is 0 Å². The van der Waals surface area contributed by atoms with Gasteiger partial charge in [0.1, 0.15) is 12.1 Å². The Morgan fingerprint density at radius 3 is 2.04 bits per heavy atom. The maximum absolute atomic E-state index is 12.6. The van der Waals surface area contributed by atoms with Crippen molar-refractivity contribution in [2.75, 3.05) is 0 Å². The van der Waals surface area contributed by atoms with E-state index in [2.05, 4.69) is 10.6 Å². The SMILES string of the molecule is CC(C)[C@H](N)C(=O)N[C@@H](Cc1ccccc1)C(=O)N[C@@H](CC(N)=O)C(=O)O. The summed E-state index contributed by atoms with van der Waals surface area (Å²) in [5.74, 6) is -3.68. The number of primary amides is 1. The number of amides is 3. The van der Waals surface area contributed by atoms with E-state index in [-0.39, 0.29) is 12.3 Å². The van der Waals surface area contributed by atoms with Crippen LogP contribution in [0.1, 0.15) is 25.8 Å². The Bertz CT molecular complexity index is 678. The van der Waals surface area contributed by atoms with Gasteiger partial charge in [-0.2, -0.15) is 0 Å². The van der Waals surface area contributed by atoms with Crippen molar-refractivity contribution in [1.29, 1.82) is 0 Å². The van der Waals surface area contributed by atoms with E-state index in [4.69, 9.17) is 16.6 Å². The molecule has 0 aliphatic heterocycles. The first kappa shape index (κ1) is 22.1. The number of benzene rings is 1. The first-order chi connectivity index (χ1) is 12.6. The summed E-state index contributed by atoms with van der Waals surface area (Å²) < 4.78 is 0. The zero-order valence-corrected chi connectivity index (χ0v) is 15.3. The quantitative estimate of drug-likeness (QED) is 0.355. The second-order valence-corrected chi connectivity index (χ2v) is 6.59. The molecule has 1 aromatic rings. The summed E-state index contributed by atoms with van der Waals surface area (Å²) >= 11 is 0. The van der Waals surface area contributed by atoms with Crippen molar-refractivity contribution in [3.8, 4) is 0 Å². The van der Waals surface area contributed by atoms with E-state index < -0.39 is 48.2 Å². The molecule has 0 aromatic heterocycles. The molecule has 7 N–H and O–H groups in total. The van der Waals surface area contributed by atoms with Gasteiger partial charge in [-0.25, -0.2) is 4.79 Å². The molecule has 0 unspecified atom stereocenters. The van der Waals surface area contributed by atoms with Crippen LogP contribution in [0.25, 0.3) is 0 Å². The number of hydrogen-bond donors (Lipinski definition) is 5. The first-order valence-electron chi connectivity index (χ1n) is 8.53. The van der Waals surface area contributed by atoms with Gasteiger partial charge in [0.15, 0.2) is 0 Å². The Balaban J connectivity index is 2.97. The van der Waals surface area contributed by atoms with Gasteiger partial charge in [0, 0.05) is 6.42 Å². The molecule has 3 amide bonds. The summed E-state index contributed by atoms with van der Waals surface area (Å²) in [7, 11) is 0. The summed E-state index contributed by atoms with van der Waals surface area (Å²) in [6.07, 6.45) is -0.426. The Morgan fingerprint density at radius 2 is 1.56 bits per heavy atom. The number of nitrogens with one attached hydrogen (secondary N) is 2. The number of carboxylic acids is 1. The molecule has 9 nitrogen and oxygen atoms in total. The molecule has 1 rings (SSSR count). The average Bonchev–Trinajstić information content (AvgIpc) is 2.59. The monoisotopic (exact) mass is 378 g/mol. The lowest BCUT2D eigenvalue weighted by molar-refractivity contribution is -0.143. The zero-order valence-electron chi connectivity index (χ0n) is 15.3. The van der Waals surface area contributed by atoms with E-state index in [9.17, 15) is 19.2 Å². The van der Waals surface area contributed by atoms with Crippen LogP contribution in [-0.2, 0) is 25.6 Å². The van der Waals surface area contributed by atoms with Gasteiger partial charge in [0.05, 0.1) is 12.5 Å². The lowest BCUT2D eigenvalue weighted by Gasteiger charge is -2.23. The van der Waals surface area contributed by atoms with Crippen molar-refractivity contribution in [3.05, 3.63) is 35.9 Å². The van der Waals surface area contributed by atoms with E-state index in [0.717, 1.165) is 5.56 Å². The van der Waals surface area contributed by atoms with Gasteiger partial charge in [-0.15, -0.1) is 0 Å². The molecule has 0 saturated carbocycles. The van der Waals surface area contributed by atoms with Gasteiger partial charge >= 0.3 is 5.97 Å². The van der Waals surface area contributed by atoms with Crippen LogP contribution in [0.3, 0.4) is 0 Å². The predicted octanol–water partition coefficient (Wildman–Crippen LogP) is -0.858. The Hall–Kier alpha value is -2.94. The third-order valence-corrected chi connectivity index (χ3v) is 3.96. The van der Waals surface area contributed by atoms with Crippen molar-refractivity contribution in [2.24, 2.45) is 17.4 Å². The number of nitrogens with two attached hydrogens (primary N) is 2. The molecule has 0 aliphatic carbocycles. The van der Waals surface area contributed by atoms with E-state index in [0.29, 0.717) is 0 Å². The normalized spacial score (nSPS) is 14.1. The van der Waals surface area contributed by atoms with Crippen molar-refractivity contribution in [3.63, 3.8) is 0 Å². The maximum Gasteiger partial charge on any atom is 0.326 e. The Kier molecular flexibility index (Phi) is 8.40. The molecule has 1 aromatic carbocycles. The summed E-state index contributed by atoms with van der Waals surface area (Å²) in [4.78, 5) is 47.1. The number of aliphatic carboxylic acids is 1. The molecule has 0 heterocycles. The summed E-state index contributed by atoms with van der Waals surface area (Å²) in [6, 6.07) is 5.54. The topological polar surface area (TPSA) is 165 Å². The minimum atomic E-state index is -1.48. The third kappa shape index (κ3) is 7.45. The molecular formula is C18H26N4O5. The number of rotatable bonds is 10. The van der Waals surface area contributed by atoms with Gasteiger partial charge in [-0.1, -0.05) is 44.2 Å². The third-order valence-electron chi connectivity index (χ3n) is 3.96. The van der Waals surface area contributed by atoms with E-state index in [1.165, 1.54) is 0 Å². The number of carbonyl (C=O) groups is 4. The van der Waals surface area contributed by atoms with Crippen LogP contribution in [0, 0.1) is 5.92 Å². The second kappa shape index (κ2) is 10.3. The first-order valence-corrected chi connectivity index (χ1v) is 8.53. The fraction of sp³-hybridized carbons (Fsp3) is 0.444. The van der Waals surface area contributed by atoms with Crippen LogP contribution in [0.4, 0.5) is 0 Å². The minimum absolute atomic E-state index is 0.131. The lowest BCUT2D eigenvalue weighted by atomic mass is 10.0. The standard InChI is InChI=1S/C18H26N4O5/c1-10(2)15(20)17(25)21-12(8-11-6-4-3-5-7-11)16(24)22-13(18(26)27)9-14(19)23/h3-7,10,12-13,15H,8-9,20H2,1-2H3,(H2,19,23)(H,21,25)(H,22,24)(H,26,27)/t12-,13-,15-/m0/s1. The Morgan fingerprint density at radius 1 is 1.00 bits per heavy atom. The van der Waals surface area contributed by atoms with Gasteiger partial charge in [0.2, 0.25) is 17.7 Å². The highest BCUT2D eigenvalue weighted by molar-refractivity contribution is 5.93. The minimum Gasteiger partial charge on any atom is -0.480 e. The van der Waals surface area contributed by atoms with E-state index in [1.54, 1.807) is 44.2 Å². The molecule has 3 atom stereocenters. The van der Waals surface area contributed by atoms with Crippen molar-refractivity contribution in [1.82, 2.24) is 10.6 Å². The molecular weight excluding hydrogens is 352 g/mol. The smallest absolute Gasteiger partial charge is 0.326 e. The lowest BCUT2D eigenvalue weighted by Crippen LogP contribution is -2.56. The highest BCUT2D eigenvalue weighted by atomic mass is 16.4. The molecule has 9 heteroatoms. The van der Waals surface area contributed by atoms with Crippen LogP contribution in [-0.4, -0.2) is 46.9 Å². The molecule has 148 valence electrons. The molecule has 0 spiro atoms. The van der Waals surface area contributed by atoms with Crippen LogP contribution in [0.5, 0.6) is 0 Å². The van der Waals surface area contributed by atoms with Crippen molar-refractivity contribution < 1.29 is 24.3 Å². The largest absolute Gasteiger partial charge is 0.480 e. The van der Waals surface area contributed by atoms with Gasteiger partial charge in [-0.05, 0) is 11.5 Å². The highest BCUT2D eigenvalue weighted by Gasteiger charge is 2.29. The van der Waals surface area contributed by atoms with E-state index >= 15 is 0 Å². The summed E-state index contributed by atoms with van der Waals surface area (Å²) in [5.41, 5.74) is 11.6. The zero-order chi connectivity index (χ0) is 20.6. The molecule has 0 radical (unpaired) electrons. The molecule has 0 bridgehead atoms. The highest BCUT2D eigenvalue weighted by Crippen LogP contribution is 2.06. The molecule has 0 fully saturated rings. The number of carboxylic acid groups (broad SMARTS) is 1. The van der Waals surface area contributed by atoms with Crippen LogP contribution >= 0.6 is 0 Å². The average molecular weight is 378 g/mol. The predicted molar refractivity (Wildman–Crippen MR) is 98.3 cm³/mol. The summed E-state index contributed by atoms with van der Waals surface area (Å²) in [5, 5.41) is 14.0. The Labute approximate surface area is 157 Å². The fourth-order valence-electron chi connectivity index (χ4n) is 2.30. The van der Waals surface area contributed by atoms with Crippen LogP contribution in [0.15, 0.2) is 30.3 Å². The molecule has 0 saturated heterocycles. The molecule has 0 aliphatic rings. The molecule has 27 heavy (non-hydrogen) atoms. The number of carbonyl (C=O) groups excluding carboxylic acids is 3. The van der Waals surface area contributed by atoms with Crippen LogP contribution < -0.4 is 22.1 Å². The van der Waals surface area contributed by atoms with Crippen molar-refractivity contribution in [2.45, 2.75) is 44.8 Å².